The summed E-state index contributed by atoms with van der Waals surface area (Å²) >= 11 is 0. The number of para-hydroxylation sites is 2. The summed E-state index contributed by atoms with van der Waals surface area (Å²) in [6.07, 6.45) is 0. The first-order valence-electron chi connectivity index (χ1n) is 28.5. The Hall–Kier alpha value is -11.1. The van der Waals surface area contributed by atoms with E-state index in [9.17, 15) is 0 Å². The summed E-state index contributed by atoms with van der Waals surface area (Å²) < 4.78 is 11.5. The molecule has 4 nitrogen and oxygen atoms in total. The molecule has 0 bridgehead atoms. The van der Waals surface area contributed by atoms with E-state index in [1.165, 1.54) is 103 Å². The van der Waals surface area contributed by atoms with E-state index in [0.29, 0.717) is 5.89 Å². The smallest absolute Gasteiger partial charge is 0.227 e. The first-order valence-corrected chi connectivity index (χ1v) is 28.5. The van der Waals surface area contributed by atoms with Gasteiger partial charge in [-0.1, -0.05) is 206 Å². The van der Waals surface area contributed by atoms with Crippen LogP contribution in [0, 0.1) is 0 Å². The summed E-state index contributed by atoms with van der Waals surface area (Å²) in [5, 5.41) is 20.0. The Balaban J connectivity index is 0.784. The van der Waals surface area contributed by atoms with E-state index < -0.39 is 0 Å². The highest BCUT2D eigenvalue weighted by Crippen LogP contribution is 2.44. The SMILES string of the molecule is c1ccc(-c2nc3cc4c(cc3o2)c2cc(-c3cccc5c6ccccc6n(-c6ccc(-c7ccc8c9ccccc9c9ccccc9c8c7)cc6)c35)ccc2n4-c2ccc(-c3ccc4c5ccccc5c5ccccc5c4c3)cc2)cc1. The Labute approximate surface area is 476 Å². The van der Waals surface area contributed by atoms with E-state index in [1.807, 2.05) is 18.2 Å². The Morgan fingerprint density at radius 1 is 0.241 bits per heavy atom. The molecular formula is C79H47N3O. The van der Waals surface area contributed by atoms with Gasteiger partial charge < -0.3 is 13.6 Å². The third-order valence-corrected chi connectivity index (χ3v) is 17.7. The monoisotopic (exact) mass is 1050 g/mol. The summed E-state index contributed by atoms with van der Waals surface area (Å²) in [4.78, 5) is 5.09. The molecule has 83 heavy (non-hydrogen) atoms. The van der Waals surface area contributed by atoms with Crippen molar-refractivity contribution in [1.29, 1.82) is 0 Å². The maximum atomic E-state index is 6.61. The summed E-state index contributed by atoms with van der Waals surface area (Å²) in [6, 6.07) is 104. The molecule has 0 saturated heterocycles. The fraction of sp³-hybridized carbons (Fsp3) is 0. The quantitative estimate of drug-likeness (QED) is 0.156. The number of hydrogen-bond acceptors (Lipinski definition) is 2. The van der Waals surface area contributed by atoms with E-state index in [1.54, 1.807) is 0 Å². The first-order chi connectivity index (χ1) is 41.1. The van der Waals surface area contributed by atoms with Crippen molar-refractivity contribution in [3.05, 3.63) is 285 Å². The van der Waals surface area contributed by atoms with Gasteiger partial charge in [-0.3, -0.25) is 0 Å². The number of oxazole rings is 1. The van der Waals surface area contributed by atoms with Crippen molar-refractivity contribution in [2.45, 2.75) is 0 Å². The molecule has 0 N–H and O–H groups in total. The lowest BCUT2D eigenvalue weighted by Crippen LogP contribution is -1.96. The number of aromatic nitrogens is 3. The molecule has 18 aromatic rings. The molecule has 15 aromatic carbocycles. The molecule has 0 unspecified atom stereocenters. The number of nitrogens with zero attached hydrogens (tertiary/aromatic N) is 3. The molecule has 3 heterocycles. The maximum Gasteiger partial charge on any atom is 0.227 e. The Kier molecular flexibility index (Phi) is 9.77. The average Bonchev–Trinajstić information content (AvgIpc) is 4.29. The highest BCUT2D eigenvalue weighted by atomic mass is 16.3. The van der Waals surface area contributed by atoms with Crippen molar-refractivity contribution in [3.8, 4) is 56.2 Å². The molecule has 0 aliphatic carbocycles. The third-order valence-electron chi connectivity index (χ3n) is 17.7. The zero-order chi connectivity index (χ0) is 54.3. The molecular weight excluding hydrogens is 1010 g/mol. The van der Waals surface area contributed by atoms with Gasteiger partial charge in [0.05, 0.1) is 22.1 Å². The largest absolute Gasteiger partial charge is 0.436 e. The molecule has 0 radical (unpaired) electrons. The standard InChI is InChI=1S/C79H47N3O/c1-2-15-50(16-3-1)79-80-73-47-76-72(46-77(73)83-79)71-45-53(35-42-75(71)81(76)54-36-29-48(30-37-54)51-33-40-65-61-21-6-4-17-57(61)59-19-8-10-23-63(59)69(65)43-51)56-26-14-27-68-67-25-12-13-28-74(67)82(78(56)68)55-38-31-49(32-39-55)52-34-41-66-62-22-7-5-18-58(62)60-20-9-11-24-64(60)70(66)44-52/h1-47H. The summed E-state index contributed by atoms with van der Waals surface area (Å²) in [5.74, 6) is 0.609. The second-order valence-corrected chi connectivity index (χ2v) is 22.1. The zero-order valence-electron chi connectivity index (χ0n) is 44.9. The van der Waals surface area contributed by atoms with Crippen molar-refractivity contribution in [2.75, 3.05) is 0 Å². The van der Waals surface area contributed by atoms with Gasteiger partial charge in [0.25, 0.3) is 0 Å². The van der Waals surface area contributed by atoms with Crippen LogP contribution in [0.4, 0.5) is 0 Å². The van der Waals surface area contributed by atoms with Gasteiger partial charge in [-0.15, -0.1) is 0 Å². The first kappa shape index (κ1) is 45.8. The van der Waals surface area contributed by atoms with Crippen LogP contribution in [0.5, 0.6) is 0 Å². The number of rotatable bonds is 6. The Bertz CT molecular complexity index is 5660. The van der Waals surface area contributed by atoms with Gasteiger partial charge in [0.2, 0.25) is 5.89 Å². The molecule has 0 saturated carbocycles. The van der Waals surface area contributed by atoms with Gasteiger partial charge >= 0.3 is 0 Å². The van der Waals surface area contributed by atoms with Gasteiger partial charge in [0.15, 0.2) is 5.58 Å². The van der Waals surface area contributed by atoms with E-state index >= 15 is 0 Å². The van der Waals surface area contributed by atoms with Gasteiger partial charge in [-0.2, -0.15) is 0 Å². The van der Waals surface area contributed by atoms with E-state index in [4.69, 9.17) is 9.40 Å². The highest BCUT2D eigenvalue weighted by molar-refractivity contribution is 6.27. The number of fused-ring (bicyclic) bond motifs is 19. The van der Waals surface area contributed by atoms with Crippen LogP contribution in [-0.2, 0) is 0 Å². The third kappa shape index (κ3) is 6.90. The van der Waals surface area contributed by atoms with Crippen LogP contribution in [0.3, 0.4) is 0 Å². The predicted molar refractivity (Wildman–Crippen MR) is 349 cm³/mol. The molecule has 4 heteroatoms. The Morgan fingerprint density at radius 2 is 0.663 bits per heavy atom. The van der Waals surface area contributed by atoms with E-state index in [2.05, 4.69) is 276 Å². The summed E-state index contributed by atoms with van der Waals surface area (Å²) in [6.45, 7) is 0. The predicted octanol–water partition coefficient (Wildman–Crippen LogP) is 21.6. The minimum Gasteiger partial charge on any atom is -0.436 e. The number of benzene rings is 15. The van der Waals surface area contributed by atoms with Gasteiger partial charge in [0, 0.05) is 44.0 Å². The minimum absolute atomic E-state index is 0.609. The van der Waals surface area contributed by atoms with Crippen LogP contribution in [-0.4, -0.2) is 14.1 Å². The minimum atomic E-state index is 0.609. The van der Waals surface area contributed by atoms with Gasteiger partial charge in [-0.25, -0.2) is 4.98 Å². The lowest BCUT2D eigenvalue weighted by Gasteiger charge is -2.14. The second kappa shape index (κ2) is 17.7. The second-order valence-electron chi connectivity index (χ2n) is 22.1. The van der Waals surface area contributed by atoms with E-state index in [-0.39, 0.29) is 0 Å². The molecule has 0 atom stereocenters. The molecule has 384 valence electrons. The molecule has 0 aliphatic heterocycles. The van der Waals surface area contributed by atoms with Crippen LogP contribution >= 0.6 is 0 Å². The molecule has 0 aliphatic rings. The maximum absolute atomic E-state index is 6.61. The molecule has 0 amide bonds. The van der Waals surface area contributed by atoms with Gasteiger partial charge in [0.1, 0.15) is 5.52 Å². The van der Waals surface area contributed by atoms with Crippen molar-refractivity contribution < 1.29 is 4.42 Å². The molecule has 3 aromatic heterocycles. The molecule has 18 rings (SSSR count). The lowest BCUT2D eigenvalue weighted by molar-refractivity contribution is 0.620. The van der Waals surface area contributed by atoms with Gasteiger partial charge in [-0.05, 0) is 171 Å². The molecule has 0 fully saturated rings. The highest BCUT2D eigenvalue weighted by Gasteiger charge is 2.22. The summed E-state index contributed by atoms with van der Waals surface area (Å²) in [5.41, 5.74) is 16.2. The fourth-order valence-corrected chi connectivity index (χ4v) is 13.9. The summed E-state index contributed by atoms with van der Waals surface area (Å²) in [7, 11) is 0. The lowest BCUT2D eigenvalue weighted by atomic mass is 9.92. The fourth-order valence-electron chi connectivity index (χ4n) is 13.9. The van der Waals surface area contributed by atoms with Crippen LogP contribution in [0.25, 0.3) is 176 Å². The van der Waals surface area contributed by atoms with E-state index in [0.717, 1.165) is 66.5 Å². The van der Waals surface area contributed by atoms with Crippen molar-refractivity contribution >= 4 is 119 Å². The van der Waals surface area contributed by atoms with Crippen molar-refractivity contribution in [2.24, 2.45) is 0 Å². The molecule has 0 spiro atoms. The van der Waals surface area contributed by atoms with Crippen LogP contribution in [0.1, 0.15) is 0 Å². The van der Waals surface area contributed by atoms with Crippen LogP contribution in [0.2, 0.25) is 0 Å². The van der Waals surface area contributed by atoms with Crippen molar-refractivity contribution in [3.63, 3.8) is 0 Å². The average molecular weight is 1050 g/mol. The normalized spacial score (nSPS) is 12.1. The number of hydrogen-bond donors (Lipinski definition) is 0. The zero-order valence-corrected chi connectivity index (χ0v) is 44.9. The van der Waals surface area contributed by atoms with Crippen LogP contribution in [0.15, 0.2) is 290 Å². The Morgan fingerprint density at radius 3 is 1.23 bits per heavy atom. The van der Waals surface area contributed by atoms with Crippen molar-refractivity contribution in [1.82, 2.24) is 14.1 Å². The van der Waals surface area contributed by atoms with Crippen LogP contribution < -0.4 is 0 Å². The topological polar surface area (TPSA) is 35.9 Å².